The first kappa shape index (κ1) is 27.4. The number of rotatable bonds is 15. The van der Waals surface area contributed by atoms with Crippen LogP contribution in [0.25, 0.3) is 11.1 Å². The van der Waals surface area contributed by atoms with Crippen molar-refractivity contribution in [2.75, 3.05) is 25.0 Å². The Kier molecular flexibility index (Phi) is 11.2. The van der Waals surface area contributed by atoms with E-state index in [-0.39, 0.29) is 6.61 Å². The van der Waals surface area contributed by atoms with Gasteiger partial charge in [-0.15, -0.1) is 9.42 Å². The summed E-state index contributed by atoms with van der Waals surface area (Å²) in [6.07, 6.45) is 7.07. The molecule has 0 amide bonds. The van der Waals surface area contributed by atoms with E-state index in [9.17, 15) is 4.57 Å². The van der Waals surface area contributed by atoms with E-state index >= 15 is 0 Å². The highest BCUT2D eigenvalue weighted by Crippen LogP contribution is 2.30. The van der Waals surface area contributed by atoms with Gasteiger partial charge in [-0.25, -0.2) is 0 Å². The Bertz CT molecular complexity index is 1070. The van der Waals surface area contributed by atoms with Crippen molar-refractivity contribution < 1.29 is 18.4 Å². The number of hydrogen-bond donors (Lipinski definition) is 3. The zero-order valence-corrected chi connectivity index (χ0v) is 22.1. The van der Waals surface area contributed by atoms with E-state index in [1.807, 2.05) is 6.07 Å². The molecule has 0 saturated heterocycles. The third-order valence-corrected chi connectivity index (χ3v) is 6.40. The Morgan fingerprint density at radius 1 is 1.09 bits per heavy atom. The van der Waals surface area contributed by atoms with E-state index in [4.69, 9.17) is 20.9 Å². The predicted molar refractivity (Wildman–Crippen MR) is 143 cm³/mol. The summed E-state index contributed by atoms with van der Waals surface area (Å²) in [5.41, 5.74) is 6.83. The third-order valence-electron chi connectivity index (χ3n) is 5.65. The molecule has 0 aliphatic carbocycles. The van der Waals surface area contributed by atoms with Gasteiger partial charge in [-0.05, 0) is 79.1 Å². The first-order chi connectivity index (χ1) is 16.9. The smallest absolute Gasteiger partial charge is 0.472 e. The van der Waals surface area contributed by atoms with Gasteiger partial charge in [0, 0.05) is 39.5 Å². The number of benzene rings is 2. The molecular weight excluding hydrogens is 483 g/mol. The van der Waals surface area contributed by atoms with E-state index in [0.717, 1.165) is 53.2 Å². The molecule has 0 bridgehead atoms. The number of hydrogen-bond acceptors (Lipinski definition) is 5. The highest BCUT2D eigenvalue weighted by Gasteiger charge is 2.11. The molecule has 0 saturated carbocycles. The van der Waals surface area contributed by atoms with Gasteiger partial charge in [-0.1, -0.05) is 43.6 Å². The number of anilines is 1. The molecule has 0 radical (unpaired) electrons. The van der Waals surface area contributed by atoms with Crippen LogP contribution in [-0.2, 0) is 28.5 Å². The van der Waals surface area contributed by atoms with E-state index in [2.05, 4.69) is 65.4 Å². The van der Waals surface area contributed by atoms with Gasteiger partial charge in [0.15, 0.2) is 0 Å². The molecule has 0 aliphatic rings. The molecule has 188 valence electrons. The van der Waals surface area contributed by atoms with E-state index in [1.165, 1.54) is 11.1 Å². The van der Waals surface area contributed by atoms with Gasteiger partial charge >= 0.3 is 8.25 Å². The van der Waals surface area contributed by atoms with Gasteiger partial charge in [0.1, 0.15) is 6.61 Å². The number of nitrogens with one attached hydrogen (secondary N) is 2. The van der Waals surface area contributed by atoms with Gasteiger partial charge in [-0.2, -0.15) is 0 Å². The predicted octanol–water partition coefficient (Wildman–Crippen LogP) is 6.99. The highest BCUT2D eigenvalue weighted by atomic mass is 35.5. The SMILES string of the molecule is CC(C)Cc1ccc(CCCNc2ccc(CNCCCO[P+](=O)O)cc2-c2ccoc2)cc1Cl. The summed E-state index contributed by atoms with van der Waals surface area (Å²) in [6.45, 7) is 6.92. The second-order valence-electron chi connectivity index (χ2n) is 9.05. The number of furan rings is 1. The van der Waals surface area contributed by atoms with Crippen LogP contribution in [0.15, 0.2) is 59.4 Å². The summed E-state index contributed by atoms with van der Waals surface area (Å²) in [6, 6.07) is 14.8. The molecule has 1 aromatic heterocycles. The summed E-state index contributed by atoms with van der Waals surface area (Å²) in [5, 5.41) is 7.80. The molecular formula is C27H35ClN2O4P+. The lowest BCUT2D eigenvalue weighted by Gasteiger charge is -2.14. The molecule has 1 atom stereocenters. The summed E-state index contributed by atoms with van der Waals surface area (Å²) in [4.78, 5) is 8.66. The molecule has 0 aliphatic heterocycles. The van der Waals surface area contributed by atoms with Crippen LogP contribution >= 0.6 is 19.9 Å². The normalized spacial score (nSPS) is 11.7. The Morgan fingerprint density at radius 3 is 2.63 bits per heavy atom. The highest BCUT2D eigenvalue weighted by molar-refractivity contribution is 7.32. The fourth-order valence-corrected chi connectivity index (χ4v) is 4.52. The van der Waals surface area contributed by atoms with Crippen molar-refractivity contribution in [1.29, 1.82) is 0 Å². The summed E-state index contributed by atoms with van der Waals surface area (Å²) in [7, 11) is -2.52. The van der Waals surface area contributed by atoms with Crippen molar-refractivity contribution in [2.24, 2.45) is 5.92 Å². The molecule has 0 fully saturated rings. The first-order valence-electron chi connectivity index (χ1n) is 12.1. The minimum atomic E-state index is -2.52. The lowest BCUT2D eigenvalue weighted by atomic mass is 10.00. The Hall–Kier alpha value is -2.21. The summed E-state index contributed by atoms with van der Waals surface area (Å²) >= 11 is 6.49. The van der Waals surface area contributed by atoms with Crippen LogP contribution in [0.3, 0.4) is 0 Å². The summed E-state index contributed by atoms with van der Waals surface area (Å²) in [5.74, 6) is 0.592. The molecule has 3 aromatic rings. The molecule has 1 heterocycles. The Balaban J connectivity index is 1.53. The van der Waals surface area contributed by atoms with Gasteiger partial charge in [-0.3, -0.25) is 0 Å². The molecule has 1 unspecified atom stereocenters. The number of halogens is 1. The minimum Gasteiger partial charge on any atom is -0.472 e. The maximum absolute atomic E-state index is 10.5. The van der Waals surface area contributed by atoms with Crippen LogP contribution in [0.5, 0.6) is 0 Å². The Morgan fingerprint density at radius 2 is 1.91 bits per heavy atom. The molecule has 3 rings (SSSR count). The van der Waals surface area contributed by atoms with Crippen molar-refractivity contribution in [2.45, 2.75) is 46.1 Å². The van der Waals surface area contributed by atoms with Crippen LogP contribution in [0.4, 0.5) is 5.69 Å². The van der Waals surface area contributed by atoms with Crippen molar-refractivity contribution >= 4 is 25.5 Å². The van der Waals surface area contributed by atoms with Gasteiger partial charge < -0.3 is 15.1 Å². The van der Waals surface area contributed by atoms with Crippen LogP contribution in [0.1, 0.15) is 43.4 Å². The lowest BCUT2D eigenvalue weighted by molar-refractivity contribution is 0.276. The largest absolute Gasteiger partial charge is 0.694 e. The van der Waals surface area contributed by atoms with Crippen LogP contribution < -0.4 is 10.6 Å². The third kappa shape index (κ3) is 9.40. The molecule has 0 spiro atoms. The number of aryl methyl sites for hydroxylation is 1. The Labute approximate surface area is 214 Å². The average molecular weight is 518 g/mol. The minimum absolute atomic E-state index is 0.260. The molecule has 35 heavy (non-hydrogen) atoms. The second kappa shape index (κ2) is 14.4. The molecule has 8 heteroatoms. The van der Waals surface area contributed by atoms with Gasteiger partial charge in [0.05, 0.1) is 12.5 Å². The zero-order chi connectivity index (χ0) is 25.0. The van der Waals surface area contributed by atoms with Crippen molar-refractivity contribution in [3.63, 3.8) is 0 Å². The second-order valence-corrected chi connectivity index (χ2v) is 10.2. The fourth-order valence-electron chi connectivity index (χ4n) is 3.95. The molecule has 2 aromatic carbocycles. The molecule has 3 N–H and O–H groups in total. The van der Waals surface area contributed by atoms with Crippen molar-refractivity contribution in [1.82, 2.24) is 5.32 Å². The fraction of sp³-hybridized carbons (Fsp3) is 0.407. The van der Waals surface area contributed by atoms with Crippen molar-refractivity contribution in [3.8, 4) is 11.1 Å². The average Bonchev–Trinajstić information content (AvgIpc) is 3.35. The zero-order valence-electron chi connectivity index (χ0n) is 20.4. The molecule has 6 nitrogen and oxygen atoms in total. The van der Waals surface area contributed by atoms with E-state index in [0.29, 0.717) is 25.4 Å². The van der Waals surface area contributed by atoms with E-state index in [1.54, 1.807) is 12.5 Å². The standard InChI is InChI=1S/C27H34ClN2O4P/c1-20(2)15-23-8-6-21(17-26(23)28)5-3-12-30-27-9-7-22(16-25(27)24-10-14-33-19-24)18-29-11-4-13-34-35(31)32/h6-10,14,16-17,19-20,29-30H,3-5,11-13,15,18H2,1-2H3/p+1. The topological polar surface area (TPSA) is 83.7 Å². The van der Waals surface area contributed by atoms with Crippen molar-refractivity contribution in [3.05, 3.63) is 76.7 Å². The monoisotopic (exact) mass is 517 g/mol. The van der Waals surface area contributed by atoms with E-state index < -0.39 is 8.25 Å². The lowest BCUT2D eigenvalue weighted by Crippen LogP contribution is -2.16. The summed E-state index contributed by atoms with van der Waals surface area (Å²) < 4.78 is 20.5. The van der Waals surface area contributed by atoms with Gasteiger partial charge in [0.25, 0.3) is 0 Å². The maximum atomic E-state index is 10.5. The maximum Gasteiger partial charge on any atom is 0.694 e. The van der Waals surface area contributed by atoms with Gasteiger partial charge in [0.2, 0.25) is 0 Å². The van der Waals surface area contributed by atoms with Crippen LogP contribution in [0, 0.1) is 5.92 Å². The first-order valence-corrected chi connectivity index (χ1v) is 13.6. The van der Waals surface area contributed by atoms with Crippen LogP contribution in [0.2, 0.25) is 5.02 Å². The van der Waals surface area contributed by atoms with Crippen LogP contribution in [-0.4, -0.2) is 24.6 Å². The quantitative estimate of drug-likeness (QED) is 0.149.